The van der Waals surface area contributed by atoms with E-state index in [1.807, 2.05) is 12.4 Å². The Kier molecular flexibility index (Phi) is 6.44. The first-order valence-corrected chi connectivity index (χ1v) is 7.70. The number of nitrogens with one attached hydrogen (secondary N) is 1. The van der Waals surface area contributed by atoms with E-state index in [4.69, 9.17) is 4.42 Å². The van der Waals surface area contributed by atoms with Crippen LogP contribution in [0.5, 0.6) is 0 Å². The van der Waals surface area contributed by atoms with Crippen molar-refractivity contribution in [1.29, 1.82) is 0 Å². The van der Waals surface area contributed by atoms with Gasteiger partial charge in [-0.25, -0.2) is 0 Å². The Morgan fingerprint density at radius 3 is 2.67 bits per heavy atom. The average Bonchev–Trinajstić information content (AvgIpc) is 2.95. The molecular weight excluding hydrogens is 262 g/mol. The van der Waals surface area contributed by atoms with Crippen molar-refractivity contribution in [3.63, 3.8) is 0 Å². The molecule has 114 valence electrons. The maximum Gasteiger partial charge on any atom is 0.122 e. The number of furan rings is 1. The second kappa shape index (κ2) is 8.60. The Morgan fingerprint density at radius 1 is 1.14 bits per heavy atom. The zero-order chi connectivity index (χ0) is 14.9. The number of pyridine rings is 1. The molecule has 2 rings (SSSR count). The van der Waals surface area contributed by atoms with Gasteiger partial charge in [0, 0.05) is 31.0 Å². The first-order valence-electron chi connectivity index (χ1n) is 7.70. The summed E-state index contributed by atoms with van der Waals surface area (Å²) in [6.45, 7) is 9.05. The van der Waals surface area contributed by atoms with Gasteiger partial charge in [0.25, 0.3) is 0 Å². The smallest absolute Gasteiger partial charge is 0.122 e. The SMILES string of the molecule is CCCNCc1occc1CN(CC)Cc1ccncc1. The molecule has 0 unspecified atom stereocenters. The fourth-order valence-electron chi connectivity index (χ4n) is 2.31. The van der Waals surface area contributed by atoms with Crippen molar-refractivity contribution >= 4 is 0 Å². The van der Waals surface area contributed by atoms with Crippen LogP contribution in [0.1, 0.15) is 37.2 Å². The third-order valence-corrected chi connectivity index (χ3v) is 3.55. The van der Waals surface area contributed by atoms with Crippen LogP contribution in [-0.2, 0) is 19.6 Å². The highest BCUT2D eigenvalue weighted by Gasteiger charge is 2.11. The lowest BCUT2D eigenvalue weighted by molar-refractivity contribution is 0.268. The molecule has 2 aromatic heterocycles. The molecule has 0 aliphatic heterocycles. The molecule has 21 heavy (non-hydrogen) atoms. The van der Waals surface area contributed by atoms with E-state index in [2.05, 4.69) is 47.2 Å². The summed E-state index contributed by atoms with van der Waals surface area (Å²) in [5, 5.41) is 3.40. The Hall–Kier alpha value is -1.65. The van der Waals surface area contributed by atoms with E-state index in [9.17, 15) is 0 Å². The molecule has 0 amide bonds. The summed E-state index contributed by atoms with van der Waals surface area (Å²) in [6.07, 6.45) is 6.62. The van der Waals surface area contributed by atoms with E-state index in [0.717, 1.165) is 44.9 Å². The predicted molar refractivity (Wildman–Crippen MR) is 84.7 cm³/mol. The molecule has 1 N–H and O–H groups in total. The molecule has 0 bridgehead atoms. The molecular formula is C17H25N3O. The van der Waals surface area contributed by atoms with Crippen molar-refractivity contribution in [2.45, 2.75) is 39.9 Å². The highest BCUT2D eigenvalue weighted by molar-refractivity contribution is 5.17. The highest BCUT2D eigenvalue weighted by atomic mass is 16.3. The van der Waals surface area contributed by atoms with Gasteiger partial charge in [-0.2, -0.15) is 0 Å². The summed E-state index contributed by atoms with van der Waals surface area (Å²) in [6, 6.07) is 6.22. The van der Waals surface area contributed by atoms with Crippen molar-refractivity contribution in [1.82, 2.24) is 15.2 Å². The minimum Gasteiger partial charge on any atom is -0.468 e. The van der Waals surface area contributed by atoms with Gasteiger partial charge in [-0.1, -0.05) is 13.8 Å². The lowest BCUT2D eigenvalue weighted by Gasteiger charge is -2.20. The van der Waals surface area contributed by atoms with Gasteiger partial charge in [0.1, 0.15) is 5.76 Å². The number of hydrogen-bond acceptors (Lipinski definition) is 4. The molecule has 0 atom stereocenters. The standard InChI is InChI=1S/C17H25N3O/c1-3-8-19-12-17-16(7-11-21-17)14-20(4-2)13-15-5-9-18-10-6-15/h5-7,9-11,19H,3-4,8,12-14H2,1-2H3. The fraction of sp³-hybridized carbons (Fsp3) is 0.471. The van der Waals surface area contributed by atoms with Crippen molar-refractivity contribution in [2.24, 2.45) is 0 Å². The van der Waals surface area contributed by atoms with E-state index in [-0.39, 0.29) is 0 Å². The number of rotatable bonds is 9. The topological polar surface area (TPSA) is 41.3 Å². The maximum absolute atomic E-state index is 5.61. The second-order valence-electron chi connectivity index (χ2n) is 5.20. The largest absolute Gasteiger partial charge is 0.468 e. The molecule has 0 spiro atoms. The van der Waals surface area contributed by atoms with Crippen LogP contribution in [0, 0.1) is 0 Å². The summed E-state index contributed by atoms with van der Waals surface area (Å²) in [5.74, 6) is 1.05. The maximum atomic E-state index is 5.61. The van der Waals surface area contributed by atoms with Crippen LogP contribution >= 0.6 is 0 Å². The second-order valence-corrected chi connectivity index (χ2v) is 5.20. The van der Waals surface area contributed by atoms with Crippen molar-refractivity contribution in [3.05, 3.63) is 53.7 Å². The molecule has 0 radical (unpaired) electrons. The van der Waals surface area contributed by atoms with Gasteiger partial charge in [0.05, 0.1) is 12.8 Å². The first-order chi connectivity index (χ1) is 10.3. The van der Waals surface area contributed by atoms with E-state index in [1.165, 1.54) is 11.1 Å². The van der Waals surface area contributed by atoms with E-state index in [0.29, 0.717) is 0 Å². The lowest BCUT2D eigenvalue weighted by atomic mass is 10.2. The van der Waals surface area contributed by atoms with Gasteiger partial charge in [0.15, 0.2) is 0 Å². The van der Waals surface area contributed by atoms with Crippen LogP contribution in [0.4, 0.5) is 0 Å². The van der Waals surface area contributed by atoms with E-state index in [1.54, 1.807) is 6.26 Å². The quantitative estimate of drug-likeness (QED) is 0.719. The number of hydrogen-bond donors (Lipinski definition) is 1. The molecule has 4 heteroatoms. The van der Waals surface area contributed by atoms with Crippen molar-refractivity contribution < 1.29 is 4.42 Å². The Bertz CT molecular complexity index is 510. The van der Waals surface area contributed by atoms with Crippen LogP contribution in [0.3, 0.4) is 0 Å². The molecule has 0 aliphatic carbocycles. The van der Waals surface area contributed by atoms with Gasteiger partial charge >= 0.3 is 0 Å². The third kappa shape index (κ3) is 4.99. The monoisotopic (exact) mass is 287 g/mol. The highest BCUT2D eigenvalue weighted by Crippen LogP contribution is 2.15. The third-order valence-electron chi connectivity index (χ3n) is 3.55. The van der Waals surface area contributed by atoms with Crippen molar-refractivity contribution in [3.8, 4) is 0 Å². The average molecular weight is 287 g/mol. The Labute approximate surface area is 127 Å². The summed E-state index contributed by atoms with van der Waals surface area (Å²) >= 11 is 0. The molecule has 4 nitrogen and oxygen atoms in total. The molecule has 0 aliphatic rings. The van der Waals surface area contributed by atoms with Gasteiger partial charge in [0.2, 0.25) is 0 Å². The van der Waals surface area contributed by atoms with Crippen LogP contribution in [0.25, 0.3) is 0 Å². The van der Waals surface area contributed by atoms with Crippen LogP contribution in [0.2, 0.25) is 0 Å². The van der Waals surface area contributed by atoms with Crippen LogP contribution < -0.4 is 5.32 Å². The molecule has 0 aromatic carbocycles. The molecule has 0 saturated heterocycles. The number of nitrogens with zero attached hydrogens (tertiary/aromatic N) is 2. The van der Waals surface area contributed by atoms with Crippen LogP contribution in [0.15, 0.2) is 41.3 Å². The normalized spacial score (nSPS) is 11.2. The summed E-state index contributed by atoms with van der Waals surface area (Å²) < 4.78 is 5.61. The predicted octanol–water partition coefficient (Wildman–Crippen LogP) is 3.20. The lowest BCUT2D eigenvalue weighted by Crippen LogP contribution is -2.23. The van der Waals surface area contributed by atoms with Gasteiger partial charge in [-0.3, -0.25) is 9.88 Å². The van der Waals surface area contributed by atoms with E-state index < -0.39 is 0 Å². The molecule has 0 saturated carbocycles. The molecule has 2 heterocycles. The van der Waals surface area contributed by atoms with E-state index >= 15 is 0 Å². The first kappa shape index (κ1) is 15.7. The Morgan fingerprint density at radius 2 is 1.95 bits per heavy atom. The minimum absolute atomic E-state index is 0.809. The Balaban J connectivity index is 1.94. The van der Waals surface area contributed by atoms with Gasteiger partial charge < -0.3 is 9.73 Å². The van der Waals surface area contributed by atoms with Gasteiger partial charge in [-0.05, 0) is 43.3 Å². The summed E-state index contributed by atoms with van der Waals surface area (Å²) in [7, 11) is 0. The van der Waals surface area contributed by atoms with Crippen LogP contribution in [-0.4, -0.2) is 23.0 Å². The van der Waals surface area contributed by atoms with Crippen molar-refractivity contribution in [2.75, 3.05) is 13.1 Å². The fourth-order valence-corrected chi connectivity index (χ4v) is 2.31. The minimum atomic E-state index is 0.809. The summed E-state index contributed by atoms with van der Waals surface area (Å²) in [4.78, 5) is 6.47. The molecule has 0 fully saturated rings. The summed E-state index contributed by atoms with van der Waals surface area (Å²) in [5.41, 5.74) is 2.57. The zero-order valence-electron chi connectivity index (χ0n) is 13.0. The number of aromatic nitrogens is 1. The van der Waals surface area contributed by atoms with Gasteiger partial charge in [-0.15, -0.1) is 0 Å². The zero-order valence-corrected chi connectivity index (χ0v) is 13.0. The molecule has 2 aromatic rings.